The van der Waals surface area contributed by atoms with Gasteiger partial charge in [-0.1, -0.05) is 35.5 Å². The van der Waals surface area contributed by atoms with Crippen LogP contribution in [-0.4, -0.2) is 26.5 Å². The Labute approximate surface area is 167 Å². The third kappa shape index (κ3) is 4.44. The van der Waals surface area contributed by atoms with E-state index in [4.69, 9.17) is 17.4 Å². The number of nitrogens with one attached hydrogen (secondary N) is 1. The number of thioether (sulfide) groups is 1. The quantitative estimate of drug-likeness (QED) is 0.327. The van der Waals surface area contributed by atoms with E-state index in [1.807, 2.05) is 42.5 Å². The normalized spacial score (nSPS) is 10.6. The fourth-order valence-corrected chi connectivity index (χ4v) is 3.30. The Hall–Kier alpha value is -1.78. The minimum absolute atomic E-state index is 0.145. The smallest absolute Gasteiger partial charge is 0.234 e. The van der Waals surface area contributed by atoms with Gasteiger partial charge in [-0.3, -0.25) is 4.79 Å². The molecule has 0 fully saturated rings. The van der Waals surface area contributed by atoms with Crippen LogP contribution in [0, 0.1) is 3.57 Å². The summed E-state index contributed by atoms with van der Waals surface area (Å²) >= 11 is 9.58. The van der Waals surface area contributed by atoms with Gasteiger partial charge in [0.2, 0.25) is 11.1 Å². The number of nitrogens with zero attached hydrogens (tertiary/aromatic N) is 3. The van der Waals surface area contributed by atoms with E-state index in [2.05, 4.69) is 38.1 Å². The molecule has 9 heteroatoms. The van der Waals surface area contributed by atoms with Crippen LogP contribution >= 0.6 is 46.0 Å². The Morgan fingerprint density at radius 3 is 2.64 bits per heavy atom. The van der Waals surface area contributed by atoms with Crippen molar-refractivity contribution >= 4 is 57.5 Å². The maximum atomic E-state index is 12.1. The van der Waals surface area contributed by atoms with Gasteiger partial charge < -0.3 is 11.2 Å². The first-order valence-corrected chi connectivity index (χ1v) is 9.62. The number of nitrogen functional groups attached to an aromatic ring is 1. The summed E-state index contributed by atoms with van der Waals surface area (Å²) < 4.78 is 2.44. The van der Waals surface area contributed by atoms with Crippen molar-refractivity contribution in [3.63, 3.8) is 0 Å². The van der Waals surface area contributed by atoms with Crippen LogP contribution in [0.15, 0.2) is 53.7 Å². The molecule has 2 aromatic carbocycles. The molecule has 0 aliphatic heterocycles. The first-order valence-electron chi connectivity index (χ1n) is 7.18. The number of hydrogen-bond acceptors (Lipinski definition) is 5. The van der Waals surface area contributed by atoms with Crippen molar-refractivity contribution in [2.45, 2.75) is 5.16 Å². The minimum atomic E-state index is -0.145. The van der Waals surface area contributed by atoms with Gasteiger partial charge in [0.15, 0.2) is 5.82 Å². The number of halogens is 2. The standard InChI is InChI=1S/C16H13ClIN5OS/c17-13-4-2-1-3-12(13)15-21-22-16(23(15)19)25-9-14(24)20-11-7-5-10(18)6-8-11/h1-8H,9,19H2,(H,20,24). The molecule has 1 heterocycles. The van der Waals surface area contributed by atoms with Crippen molar-refractivity contribution in [1.29, 1.82) is 0 Å². The highest BCUT2D eigenvalue weighted by molar-refractivity contribution is 14.1. The molecule has 3 N–H and O–H groups in total. The molecule has 25 heavy (non-hydrogen) atoms. The largest absolute Gasteiger partial charge is 0.335 e. The van der Waals surface area contributed by atoms with Gasteiger partial charge in [0, 0.05) is 14.8 Å². The number of rotatable bonds is 5. The van der Waals surface area contributed by atoms with Crippen LogP contribution in [0.25, 0.3) is 11.4 Å². The number of carbonyl (C=O) groups excluding carboxylic acids is 1. The number of hydrogen-bond donors (Lipinski definition) is 2. The lowest BCUT2D eigenvalue weighted by molar-refractivity contribution is -0.113. The van der Waals surface area contributed by atoms with Gasteiger partial charge in [-0.05, 0) is 59.0 Å². The Bertz CT molecular complexity index is 900. The first kappa shape index (κ1) is 18.0. The number of benzene rings is 2. The lowest BCUT2D eigenvalue weighted by atomic mass is 10.2. The number of anilines is 1. The van der Waals surface area contributed by atoms with Crippen molar-refractivity contribution in [2.24, 2.45) is 0 Å². The highest BCUT2D eigenvalue weighted by Crippen LogP contribution is 2.27. The molecule has 0 saturated heterocycles. The van der Waals surface area contributed by atoms with E-state index >= 15 is 0 Å². The van der Waals surface area contributed by atoms with Crippen molar-refractivity contribution < 1.29 is 4.79 Å². The molecule has 1 aromatic heterocycles. The molecule has 3 rings (SSSR count). The van der Waals surface area contributed by atoms with E-state index < -0.39 is 0 Å². The Balaban J connectivity index is 1.65. The van der Waals surface area contributed by atoms with Crippen LogP contribution < -0.4 is 11.2 Å². The number of amides is 1. The lowest BCUT2D eigenvalue weighted by Gasteiger charge is -2.06. The second-order valence-corrected chi connectivity index (χ2v) is 7.60. The Morgan fingerprint density at radius 2 is 1.92 bits per heavy atom. The van der Waals surface area contributed by atoms with Gasteiger partial charge in [0.05, 0.1) is 10.8 Å². The van der Waals surface area contributed by atoms with Gasteiger partial charge >= 0.3 is 0 Å². The zero-order valence-corrected chi connectivity index (χ0v) is 16.5. The van der Waals surface area contributed by atoms with Gasteiger partial charge in [-0.25, -0.2) is 4.68 Å². The van der Waals surface area contributed by atoms with Crippen LogP contribution in [0.3, 0.4) is 0 Å². The van der Waals surface area contributed by atoms with Crippen LogP contribution in [0.4, 0.5) is 5.69 Å². The summed E-state index contributed by atoms with van der Waals surface area (Å²) in [6, 6.07) is 14.8. The van der Waals surface area contributed by atoms with Crippen LogP contribution in [0.1, 0.15) is 0 Å². The van der Waals surface area contributed by atoms with Crippen molar-refractivity contribution in [3.8, 4) is 11.4 Å². The molecule has 0 saturated carbocycles. The number of aromatic nitrogens is 3. The zero-order chi connectivity index (χ0) is 17.8. The lowest BCUT2D eigenvalue weighted by Crippen LogP contribution is -2.16. The highest BCUT2D eigenvalue weighted by atomic mass is 127. The van der Waals surface area contributed by atoms with Gasteiger partial charge in [-0.15, -0.1) is 10.2 Å². The summed E-state index contributed by atoms with van der Waals surface area (Å²) in [5.74, 6) is 6.52. The molecule has 0 aliphatic carbocycles. The predicted octanol–water partition coefficient (Wildman–Crippen LogP) is 3.65. The summed E-state index contributed by atoms with van der Waals surface area (Å²) in [7, 11) is 0. The third-order valence-corrected chi connectivity index (χ3v) is 5.23. The fourth-order valence-electron chi connectivity index (χ4n) is 2.06. The summed E-state index contributed by atoms with van der Waals surface area (Å²) in [5.41, 5.74) is 1.44. The van der Waals surface area contributed by atoms with Crippen molar-refractivity contribution in [1.82, 2.24) is 14.9 Å². The summed E-state index contributed by atoms with van der Waals surface area (Å²) in [5, 5.41) is 11.9. The molecule has 6 nitrogen and oxygen atoms in total. The second kappa shape index (κ2) is 8.07. The first-order chi connectivity index (χ1) is 12.0. The SMILES string of the molecule is Nn1c(SCC(=O)Nc2ccc(I)cc2)nnc1-c1ccccc1Cl. The van der Waals surface area contributed by atoms with E-state index in [0.29, 0.717) is 21.6 Å². The third-order valence-electron chi connectivity index (χ3n) is 3.24. The number of carbonyl (C=O) groups is 1. The van der Waals surface area contributed by atoms with Crippen LogP contribution in [-0.2, 0) is 4.79 Å². The van der Waals surface area contributed by atoms with Gasteiger partial charge in [0.1, 0.15) is 0 Å². The molecule has 0 unspecified atom stereocenters. The average molecular weight is 486 g/mol. The molecular weight excluding hydrogens is 473 g/mol. The maximum Gasteiger partial charge on any atom is 0.234 e. The monoisotopic (exact) mass is 485 g/mol. The highest BCUT2D eigenvalue weighted by Gasteiger charge is 2.15. The van der Waals surface area contributed by atoms with Gasteiger partial charge in [-0.2, -0.15) is 0 Å². The van der Waals surface area contributed by atoms with E-state index in [-0.39, 0.29) is 11.7 Å². The number of nitrogens with two attached hydrogens (primary N) is 1. The second-order valence-electron chi connectivity index (χ2n) is 5.00. The molecule has 0 aliphatic rings. The molecule has 128 valence electrons. The topological polar surface area (TPSA) is 85.8 Å². The Morgan fingerprint density at radius 1 is 1.20 bits per heavy atom. The molecule has 0 bridgehead atoms. The van der Waals surface area contributed by atoms with Crippen LogP contribution in [0.2, 0.25) is 5.02 Å². The van der Waals surface area contributed by atoms with Crippen molar-refractivity contribution in [3.05, 3.63) is 57.1 Å². The predicted molar refractivity (Wildman–Crippen MR) is 109 cm³/mol. The molecule has 0 atom stereocenters. The minimum Gasteiger partial charge on any atom is -0.335 e. The fraction of sp³-hybridized carbons (Fsp3) is 0.0625. The summed E-state index contributed by atoms with van der Waals surface area (Å²) in [4.78, 5) is 12.1. The maximum absolute atomic E-state index is 12.1. The molecular formula is C16H13ClIN5OS. The van der Waals surface area contributed by atoms with E-state index in [1.165, 1.54) is 16.4 Å². The molecule has 3 aromatic rings. The summed E-state index contributed by atoms with van der Waals surface area (Å²) in [6.45, 7) is 0. The van der Waals surface area contributed by atoms with E-state index in [0.717, 1.165) is 9.26 Å². The zero-order valence-electron chi connectivity index (χ0n) is 12.8. The summed E-state index contributed by atoms with van der Waals surface area (Å²) in [6.07, 6.45) is 0. The molecule has 1 amide bonds. The van der Waals surface area contributed by atoms with E-state index in [1.54, 1.807) is 6.07 Å². The Kier molecular flexibility index (Phi) is 5.82. The molecule has 0 radical (unpaired) electrons. The van der Waals surface area contributed by atoms with Crippen molar-refractivity contribution in [2.75, 3.05) is 16.9 Å². The van der Waals surface area contributed by atoms with Gasteiger partial charge in [0.25, 0.3) is 0 Å². The average Bonchev–Trinajstić information content (AvgIpc) is 2.96. The van der Waals surface area contributed by atoms with E-state index in [9.17, 15) is 4.79 Å². The molecule has 0 spiro atoms. The van der Waals surface area contributed by atoms with Crippen LogP contribution in [0.5, 0.6) is 0 Å².